The van der Waals surface area contributed by atoms with Crippen LogP contribution in [0.25, 0.3) is 0 Å². The van der Waals surface area contributed by atoms with Crippen molar-refractivity contribution in [2.45, 2.75) is 13.3 Å². The molecule has 0 rings (SSSR count). The summed E-state index contributed by atoms with van der Waals surface area (Å²) in [4.78, 5) is 0. The lowest BCUT2D eigenvalue weighted by Crippen LogP contribution is -1.58. The Morgan fingerprint density at radius 1 is 1.88 bits per heavy atom. The monoisotopic (exact) mass is 128 g/mol. The van der Waals surface area contributed by atoms with Crippen molar-refractivity contribution < 1.29 is 0 Å². The van der Waals surface area contributed by atoms with E-state index in [1.54, 1.807) is 0 Å². The Kier molecular flexibility index (Phi) is 4.44. The van der Waals surface area contributed by atoms with Crippen molar-refractivity contribution in [3.8, 4) is 0 Å². The molecule has 0 spiro atoms. The van der Waals surface area contributed by atoms with Crippen LogP contribution in [-0.2, 0) is 0 Å². The van der Waals surface area contributed by atoms with Gasteiger partial charge in [0.1, 0.15) is 0 Å². The molecular weight excluding hydrogens is 120 g/mol. The fourth-order valence-electron chi connectivity index (χ4n) is 0.288. The van der Waals surface area contributed by atoms with Gasteiger partial charge in [0.15, 0.2) is 0 Å². The summed E-state index contributed by atoms with van der Waals surface area (Å²) in [5.74, 6) is 0. The van der Waals surface area contributed by atoms with E-state index in [9.17, 15) is 0 Å². The SMILES string of the molecule is C=C(Cl)CC=C=CC. The van der Waals surface area contributed by atoms with Gasteiger partial charge in [-0.1, -0.05) is 18.2 Å². The van der Waals surface area contributed by atoms with Gasteiger partial charge in [0.2, 0.25) is 0 Å². The summed E-state index contributed by atoms with van der Waals surface area (Å²) in [5.41, 5.74) is 2.88. The maximum atomic E-state index is 5.43. The largest absolute Gasteiger partial charge is 0.129 e. The first-order chi connectivity index (χ1) is 3.77. The summed E-state index contributed by atoms with van der Waals surface area (Å²) in [6.45, 7) is 5.42. The standard InChI is InChI=1S/C7H9Cl/c1-3-4-5-6-7(2)8/h3,5H,2,6H2,1H3. The van der Waals surface area contributed by atoms with E-state index in [1.165, 1.54) is 0 Å². The lowest BCUT2D eigenvalue weighted by Gasteiger charge is -1.80. The summed E-state index contributed by atoms with van der Waals surface area (Å²) in [6.07, 6.45) is 4.39. The van der Waals surface area contributed by atoms with E-state index in [2.05, 4.69) is 12.3 Å². The number of hydrogen-bond acceptors (Lipinski definition) is 0. The fraction of sp³-hybridized carbons (Fsp3) is 0.286. The Labute approximate surface area is 55.2 Å². The van der Waals surface area contributed by atoms with Crippen LogP contribution in [0.4, 0.5) is 0 Å². The lowest BCUT2D eigenvalue weighted by atomic mass is 10.4. The summed E-state index contributed by atoms with van der Waals surface area (Å²) in [6, 6.07) is 0. The van der Waals surface area contributed by atoms with Crippen LogP contribution >= 0.6 is 11.6 Å². The Morgan fingerprint density at radius 3 is 2.88 bits per heavy atom. The summed E-state index contributed by atoms with van der Waals surface area (Å²) in [5, 5.41) is 0.652. The third-order valence-electron chi connectivity index (χ3n) is 0.608. The van der Waals surface area contributed by atoms with Crippen LogP contribution in [0.15, 0.2) is 29.5 Å². The topological polar surface area (TPSA) is 0 Å². The molecular formula is C7H9Cl. The molecule has 0 radical (unpaired) electrons. The summed E-state index contributed by atoms with van der Waals surface area (Å²) in [7, 11) is 0. The molecule has 0 saturated carbocycles. The van der Waals surface area contributed by atoms with Crippen molar-refractivity contribution >= 4 is 11.6 Å². The van der Waals surface area contributed by atoms with Gasteiger partial charge in [-0.3, -0.25) is 0 Å². The zero-order valence-electron chi connectivity index (χ0n) is 4.95. The average molecular weight is 129 g/mol. The van der Waals surface area contributed by atoms with Gasteiger partial charge in [-0.05, 0) is 19.1 Å². The molecule has 1 heteroatoms. The van der Waals surface area contributed by atoms with Crippen LogP contribution < -0.4 is 0 Å². The molecule has 0 bridgehead atoms. The van der Waals surface area contributed by atoms with E-state index in [0.29, 0.717) is 11.5 Å². The molecule has 0 aromatic rings. The maximum absolute atomic E-state index is 5.43. The number of allylic oxidation sites excluding steroid dienone is 2. The molecule has 0 heterocycles. The van der Waals surface area contributed by atoms with Crippen LogP contribution in [0.1, 0.15) is 13.3 Å². The van der Waals surface area contributed by atoms with Gasteiger partial charge in [-0.25, -0.2) is 0 Å². The Hall–Kier alpha value is -0.450. The average Bonchev–Trinajstić information content (AvgIpc) is 1.66. The van der Waals surface area contributed by atoms with E-state index in [0.717, 1.165) is 0 Å². The van der Waals surface area contributed by atoms with Crippen molar-refractivity contribution in [3.63, 3.8) is 0 Å². The predicted octanol–water partition coefficient (Wildman–Crippen LogP) is 2.86. The van der Waals surface area contributed by atoms with E-state index in [-0.39, 0.29) is 0 Å². The van der Waals surface area contributed by atoms with Crippen molar-refractivity contribution in [1.29, 1.82) is 0 Å². The second-order valence-corrected chi connectivity index (χ2v) is 1.92. The summed E-state index contributed by atoms with van der Waals surface area (Å²) >= 11 is 5.43. The van der Waals surface area contributed by atoms with Crippen molar-refractivity contribution in [2.75, 3.05) is 0 Å². The van der Waals surface area contributed by atoms with Gasteiger partial charge in [0.05, 0.1) is 0 Å². The van der Waals surface area contributed by atoms with E-state index >= 15 is 0 Å². The molecule has 8 heavy (non-hydrogen) atoms. The Morgan fingerprint density at radius 2 is 2.50 bits per heavy atom. The highest BCUT2D eigenvalue weighted by Crippen LogP contribution is 2.01. The second-order valence-electron chi connectivity index (χ2n) is 1.38. The van der Waals surface area contributed by atoms with Gasteiger partial charge >= 0.3 is 0 Å². The number of rotatable bonds is 2. The second kappa shape index (κ2) is 4.70. The molecule has 0 aliphatic rings. The third-order valence-corrected chi connectivity index (χ3v) is 0.762. The molecule has 0 aliphatic heterocycles. The highest BCUT2D eigenvalue weighted by molar-refractivity contribution is 6.29. The van der Waals surface area contributed by atoms with Crippen LogP contribution in [0.2, 0.25) is 0 Å². The van der Waals surface area contributed by atoms with Crippen molar-refractivity contribution in [3.05, 3.63) is 29.5 Å². The van der Waals surface area contributed by atoms with Crippen molar-refractivity contribution in [1.82, 2.24) is 0 Å². The number of halogens is 1. The molecule has 0 N–H and O–H groups in total. The third kappa shape index (κ3) is 5.55. The Bertz CT molecular complexity index is 127. The molecule has 0 nitrogen and oxygen atoms in total. The van der Waals surface area contributed by atoms with E-state index in [4.69, 9.17) is 11.6 Å². The smallest absolute Gasteiger partial charge is 0.0153 e. The molecule has 0 aromatic heterocycles. The zero-order chi connectivity index (χ0) is 6.41. The molecule has 44 valence electrons. The molecule has 0 aliphatic carbocycles. The maximum Gasteiger partial charge on any atom is 0.0153 e. The van der Waals surface area contributed by atoms with Gasteiger partial charge < -0.3 is 0 Å². The minimum atomic E-state index is 0.652. The fourth-order valence-corrected chi connectivity index (χ4v) is 0.365. The van der Waals surface area contributed by atoms with E-state index in [1.807, 2.05) is 19.1 Å². The number of hydrogen-bond donors (Lipinski definition) is 0. The molecule has 0 fully saturated rings. The van der Waals surface area contributed by atoms with Gasteiger partial charge in [0, 0.05) is 11.5 Å². The predicted molar refractivity (Wildman–Crippen MR) is 37.9 cm³/mol. The molecule has 0 aromatic carbocycles. The van der Waals surface area contributed by atoms with Crippen LogP contribution in [-0.4, -0.2) is 0 Å². The minimum absolute atomic E-state index is 0.652. The lowest BCUT2D eigenvalue weighted by molar-refractivity contribution is 1.37. The summed E-state index contributed by atoms with van der Waals surface area (Å²) < 4.78 is 0. The van der Waals surface area contributed by atoms with Gasteiger partial charge in [-0.15, -0.1) is 5.73 Å². The van der Waals surface area contributed by atoms with Gasteiger partial charge in [0.25, 0.3) is 0 Å². The van der Waals surface area contributed by atoms with Gasteiger partial charge in [-0.2, -0.15) is 0 Å². The minimum Gasteiger partial charge on any atom is -0.129 e. The Balaban J connectivity index is 3.45. The highest BCUT2D eigenvalue weighted by Gasteiger charge is 1.76. The highest BCUT2D eigenvalue weighted by atomic mass is 35.5. The molecule has 0 saturated heterocycles. The van der Waals surface area contributed by atoms with Crippen LogP contribution in [0.3, 0.4) is 0 Å². The first-order valence-corrected chi connectivity index (χ1v) is 2.84. The van der Waals surface area contributed by atoms with Crippen LogP contribution in [0, 0.1) is 0 Å². The first-order valence-electron chi connectivity index (χ1n) is 2.46. The van der Waals surface area contributed by atoms with Crippen molar-refractivity contribution in [2.24, 2.45) is 0 Å². The normalized spacial score (nSPS) is 7.25. The van der Waals surface area contributed by atoms with Crippen LogP contribution in [0.5, 0.6) is 0 Å². The first kappa shape index (κ1) is 7.55. The quantitative estimate of drug-likeness (QED) is 0.502. The zero-order valence-corrected chi connectivity index (χ0v) is 5.70. The molecule has 0 atom stereocenters. The molecule has 0 amide bonds. The molecule has 0 unspecified atom stereocenters. The van der Waals surface area contributed by atoms with E-state index < -0.39 is 0 Å².